The lowest BCUT2D eigenvalue weighted by molar-refractivity contribution is 0.00690. The average molecular weight is 286 g/mol. The minimum Gasteiger partial charge on any atom is -0.497 e. The predicted octanol–water partition coefficient (Wildman–Crippen LogP) is 2.27. The molecule has 0 unspecified atom stereocenters. The second kappa shape index (κ2) is 6.51. The maximum atomic E-state index is 13.3. The molecule has 8 heteroatoms. The van der Waals surface area contributed by atoms with Gasteiger partial charge in [-0.3, -0.25) is 0 Å². The first kappa shape index (κ1) is 15.8. The molecule has 0 aliphatic carbocycles. The summed E-state index contributed by atoms with van der Waals surface area (Å²) in [6.07, 6.45) is 0. The van der Waals surface area contributed by atoms with Gasteiger partial charge in [0.2, 0.25) is 0 Å². The van der Waals surface area contributed by atoms with Crippen LogP contribution in [0.4, 0.5) is 8.78 Å². The maximum absolute atomic E-state index is 13.3. The zero-order valence-corrected chi connectivity index (χ0v) is 10.4. The normalized spacial score (nSPS) is 10.3. The first-order valence-corrected chi connectivity index (χ1v) is 5.28. The van der Waals surface area contributed by atoms with Crippen molar-refractivity contribution in [2.45, 2.75) is 5.92 Å². The van der Waals surface area contributed by atoms with Gasteiger partial charge in [0.25, 0.3) is 5.92 Å². The predicted molar refractivity (Wildman–Crippen MR) is 60.4 cm³/mol. The Labute approximate surface area is 105 Å². The van der Waals surface area contributed by atoms with Gasteiger partial charge in [0.15, 0.2) is 0 Å². The summed E-state index contributed by atoms with van der Waals surface area (Å²) in [7, 11) is -1.40. The molecule has 17 heavy (non-hydrogen) atoms. The highest BCUT2D eigenvalue weighted by Gasteiger charge is 2.31. The lowest BCUT2D eigenvalue weighted by atomic mass is 10.1. The molecule has 0 heterocycles. The SMILES string of the molecule is COc1ccc(C(F)(F)CN=S(=O)=O)cc1.Cl. The Morgan fingerprint density at radius 2 is 1.82 bits per heavy atom. The number of alkyl halides is 2. The van der Waals surface area contributed by atoms with E-state index in [4.69, 9.17) is 4.74 Å². The Bertz CT molecular complexity index is 479. The molecule has 0 saturated carbocycles. The summed E-state index contributed by atoms with van der Waals surface area (Å²) in [6, 6.07) is 5.08. The van der Waals surface area contributed by atoms with Crippen molar-refractivity contribution in [3.8, 4) is 5.75 Å². The largest absolute Gasteiger partial charge is 0.497 e. The monoisotopic (exact) mass is 285 g/mol. The second-order valence-corrected chi connectivity index (χ2v) is 3.63. The molecule has 4 nitrogen and oxygen atoms in total. The Hall–Kier alpha value is -1.21. The molecule has 1 aromatic rings. The Morgan fingerprint density at radius 3 is 2.24 bits per heavy atom. The van der Waals surface area contributed by atoms with Gasteiger partial charge < -0.3 is 4.74 Å². The summed E-state index contributed by atoms with van der Waals surface area (Å²) >= 11 is 0. The van der Waals surface area contributed by atoms with Crippen molar-refractivity contribution in [2.24, 2.45) is 4.36 Å². The van der Waals surface area contributed by atoms with Crippen LogP contribution in [0.15, 0.2) is 28.6 Å². The third-order valence-corrected chi connectivity index (χ3v) is 2.22. The minimum atomic E-state index is -3.30. The summed E-state index contributed by atoms with van der Waals surface area (Å²) < 4.78 is 54.4. The van der Waals surface area contributed by atoms with Crippen molar-refractivity contribution in [3.63, 3.8) is 0 Å². The zero-order chi connectivity index (χ0) is 12.2. The van der Waals surface area contributed by atoms with Crippen molar-refractivity contribution in [2.75, 3.05) is 13.7 Å². The standard InChI is InChI=1S/C9H9F2NO3S.ClH/c1-15-8-4-2-7(3-5-8)9(10,11)6-12-16(13)14;/h2-5H,6H2,1H3;1H. The minimum absolute atomic E-state index is 0. The van der Waals surface area contributed by atoms with Crippen molar-refractivity contribution in [1.29, 1.82) is 0 Å². The highest BCUT2D eigenvalue weighted by Crippen LogP contribution is 2.29. The van der Waals surface area contributed by atoms with Gasteiger partial charge in [0.1, 0.15) is 12.3 Å². The van der Waals surface area contributed by atoms with Crippen LogP contribution < -0.4 is 4.74 Å². The number of ether oxygens (including phenoxy) is 1. The van der Waals surface area contributed by atoms with Crippen LogP contribution in [0.1, 0.15) is 5.56 Å². The van der Waals surface area contributed by atoms with Crippen LogP contribution in [-0.2, 0) is 16.4 Å². The van der Waals surface area contributed by atoms with E-state index in [1.165, 1.54) is 31.4 Å². The molecule has 0 fully saturated rings. The second-order valence-electron chi connectivity index (χ2n) is 2.94. The summed E-state index contributed by atoms with van der Waals surface area (Å²) in [5.74, 6) is -2.85. The Balaban J connectivity index is 0.00000256. The molecule has 0 bridgehead atoms. The number of nitrogens with zero attached hydrogens (tertiary/aromatic N) is 1. The van der Waals surface area contributed by atoms with Gasteiger partial charge in [0, 0.05) is 5.56 Å². The summed E-state index contributed by atoms with van der Waals surface area (Å²) in [5, 5.41) is 0. The molecule has 96 valence electrons. The maximum Gasteiger partial charge on any atom is 0.311 e. The lowest BCUT2D eigenvalue weighted by Gasteiger charge is -2.13. The third-order valence-electron chi connectivity index (χ3n) is 1.88. The number of hydrogen-bond donors (Lipinski definition) is 0. The van der Waals surface area contributed by atoms with Crippen LogP contribution >= 0.6 is 12.4 Å². The van der Waals surface area contributed by atoms with E-state index in [9.17, 15) is 17.2 Å². The van der Waals surface area contributed by atoms with Gasteiger partial charge in [-0.15, -0.1) is 12.4 Å². The lowest BCUT2D eigenvalue weighted by Crippen LogP contribution is -2.17. The fraction of sp³-hybridized carbons (Fsp3) is 0.333. The van der Waals surface area contributed by atoms with E-state index in [0.29, 0.717) is 5.75 Å². The highest BCUT2D eigenvalue weighted by molar-refractivity contribution is 7.61. The third kappa shape index (κ3) is 4.66. The van der Waals surface area contributed by atoms with Gasteiger partial charge in [-0.25, -0.2) is 0 Å². The van der Waals surface area contributed by atoms with E-state index in [1.807, 2.05) is 0 Å². The molecule has 0 spiro atoms. The number of hydrogen-bond acceptors (Lipinski definition) is 4. The molecule has 1 rings (SSSR count). The first-order valence-electron chi connectivity index (χ1n) is 4.25. The van der Waals surface area contributed by atoms with E-state index >= 15 is 0 Å². The molecule has 0 aliphatic rings. The fourth-order valence-electron chi connectivity index (χ4n) is 1.06. The van der Waals surface area contributed by atoms with Crippen LogP contribution in [0.3, 0.4) is 0 Å². The number of halogens is 3. The number of benzene rings is 1. The van der Waals surface area contributed by atoms with Gasteiger partial charge in [-0.2, -0.15) is 21.6 Å². The molecule has 0 amide bonds. The first-order chi connectivity index (χ1) is 7.45. The van der Waals surface area contributed by atoms with E-state index in [1.54, 1.807) is 0 Å². The average Bonchev–Trinajstić information content (AvgIpc) is 2.27. The fourth-order valence-corrected chi connectivity index (χ4v) is 1.33. The topological polar surface area (TPSA) is 55.7 Å². The molecule has 0 radical (unpaired) electrons. The van der Waals surface area contributed by atoms with E-state index in [0.717, 1.165) is 0 Å². The Morgan fingerprint density at radius 1 is 1.29 bits per heavy atom. The molecule has 0 aliphatic heterocycles. The molecule has 0 atom stereocenters. The van der Waals surface area contributed by atoms with Crippen molar-refractivity contribution in [1.82, 2.24) is 0 Å². The van der Waals surface area contributed by atoms with Crippen molar-refractivity contribution < 1.29 is 21.9 Å². The molecule has 0 saturated heterocycles. The number of rotatable bonds is 4. The Kier molecular flexibility index (Phi) is 6.04. The van der Waals surface area contributed by atoms with Crippen LogP contribution in [-0.4, -0.2) is 22.1 Å². The summed E-state index contributed by atoms with van der Waals surface area (Å²) in [4.78, 5) is 0. The molecule has 0 aromatic heterocycles. The van der Waals surface area contributed by atoms with E-state index in [2.05, 4.69) is 4.36 Å². The number of methoxy groups -OCH3 is 1. The molecule has 1 aromatic carbocycles. The summed E-state index contributed by atoms with van der Waals surface area (Å²) in [5.41, 5.74) is -0.303. The van der Waals surface area contributed by atoms with Gasteiger partial charge in [0.05, 0.1) is 7.11 Å². The quantitative estimate of drug-likeness (QED) is 0.853. The van der Waals surface area contributed by atoms with Crippen LogP contribution in [0.25, 0.3) is 0 Å². The molecular weight excluding hydrogens is 276 g/mol. The smallest absolute Gasteiger partial charge is 0.311 e. The van der Waals surface area contributed by atoms with Gasteiger partial charge in [-0.1, -0.05) is 0 Å². The van der Waals surface area contributed by atoms with Crippen molar-refractivity contribution >= 4 is 22.9 Å². The van der Waals surface area contributed by atoms with E-state index < -0.39 is 23.0 Å². The molecular formula is C9H10ClF2NO3S. The highest BCUT2D eigenvalue weighted by atomic mass is 35.5. The molecule has 0 N–H and O–H groups in total. The summed E-state index contributed by atoms with van der Waals surface area (Å²) in [6.45, 7) is -1.09. The zero-order valence-electron chi connectivity index (χ0n) is 8.76. The van der Waals surface area contributed by atoms with Gasteiger partial charge in [-0.05, 0) is 24.3 Å². The van der Waals surface area contributed by atoms with Gasteiger partial charge >= 0.3 is 10.5 Å². The van der Waals surface area contributed by atoms with Crippen LogP contribution in [0.5, 0.6) is 5.75 Å². The van der Waals surface area contributed by atoms with Crippen molar-refractivity contribution in [3.05, 3.63) is 29.8 Å². The van der Waals surface area contributed by atoms with Crippen LogP contribution in [0.2, 0.25) is 0 Å². The van der Waals surface area contributed by atoms with E-state index in [-0.39, 0.29) is 18.0 Å². The van der Waals surface area contributed by atoms with Crippen LogP contribution in [0, 0.1) is 0 Å².